The Hall–Kier alpha value is -2.09. The van der Waals surface area contributed by atoms with Crippen molar-refractivity contribution in [1.29, 1.82) is 0 Å². The second-order valence-corrected chi connectivity index (χ2v) is 6.00. The third-order valence-electron chi connectivity index (χ3n) is 3.71. The van der Waals surface area contributed by atoms with Gasteiger partial charge in [0.05, 0.1) is 33.0 Å². The van der Waals surface area contributed by atoms with Crippen LogP contribution in [0, 0.1) is 0 Å². The Kier molecular flexibility index (Phi) is 3.25. The van der Waals surface area contributed by atoms with Crippen molar-refractivity contribution in [2.24, 2.45) is 0 Å². The van der Waals surface area contributed by atoms with Crippen LogP contribution in [0.1, 0.15) is 0 Å². The first-order valence-corrected chi connectivity index (χ1v) is 7.68. The molecule has 0 atom stereocenters. The quantitative estimate of drug-likeness (QED) is 0.275. The van der Waals surface area contributed by atoms with Gasteiger partial charge in [-0.25, -0.2) is 4.42 Å². The number of hydrogen-bond donors (Lipinski definition) is 0. The monoisotopic (exact) mass is 325 g/mol. The summed E-state index contributed by atoms with van der Waals surface area (Å²) < 4.78 is 6.00. The first kappa shape index (κ1) is 13.6. The SMILES string of the molecule is Clc1ccc2c(-c3ccccc3)c3ccc(Cl)cc3[o+]c2c1. The molecular weight excluding hydrogens is 315 g/mol. The fraction of sp³-hybridized carbons (Fsp3) is 0. The molecule has 0 saturated carbocycles. The Morgan fingerprint density at radius 2 is 1.18 bits per heavy atom. The van der Waals surface area contributed by atoms with E-state index in [1.807, 2.05) is 54.6 Å². The van der Waals surface area contributed by atoms with E-state index in [9.17, 15) is 0 Å². The van der Waals surface area contributed by atoms with Crippen LogP contribution in [-0.4, -0.2) is 0 Å². The fourth-order valence-corrected chi connectivity index (χ4v) is 3.08. The molecule has 106 valence electrons. The Morgan fingerprint density at radius 3 is 1.73 bits per heavy atom. The van der Waals surface area contributed by atoms with Crippen molar-refractivity contribution >= 4 is 45.1 Å². The molecule has 3 heteroatoms. The molecule has 1 aromatic heterocycles. The predicted molar refractivity (Wildman–Crippen MR) is 93.6 cm³/mol. The third kappa shape index (κ3) is 2.23. The molecule has 0 spiro atoms. The minimum Gasteiger partial charge on any atom is -0.207 e. The maximum absolute atomic E-state index is 6.11. The number of hydrogen-bond acceptors (Lipinski definition) is 0. The van der Waals surface area contributed by atoms with Crippen LogP contribution in [-0.2, 0) is 0 Å². The van der Waals surface area contributed by atoms with Gasteiger partial charge >= 0.3 is 11.2 Å². The van der Waals surface area contributed by atoms with E-state index in [1.54, 1.807) is 0 Å². The molecule has 0 unspecified atom stereocenters. The third-order valence-corrected chi connectivity index (χ3v) is 4.18. The molecule has 22 heavy (non-hydrogen) atoms. The zero-order valence-corrected chi connectivity index (χ0v) is 13.0. The van der Waals surface area contributed by atoms with Gasteiger partial charge < -0.3 is 0 Å². The number of fused-ring (bicyclic) bond motifs is 2. The molecule has 0 fully saturated rings. The predicted octanol–water partition coefficient (Wildman–Crippen LogP) is 6.84. The molecule has 4 rings (SSSR count). The normalized spacial score (nSPS) is 11.2. The standard InChI is InChI=1S/C19H11Cl2O/c20-13-6-8-15-17(10-13)22-18-11-14(21)7-9-16(18)19(15)12-4-2-1-3-5-12/h1-11H/q+1. The highest BCUT2D eigenvalue weighted by Gasteiger charge is 2.20. The van der Waals surface area contributed by atoms with Gasteiger partial charge in [-0.15, -0.1) is 0 Å². The number of benzene rings is 3. The van der Waals surface area contributed by atoms with Crippen LogP contribution in [0.15, 0.2) is 71.1 Å². The van der Waals surface area contributed by atoms with Crippen LogP contribution in [0.4, 0.5) is 0 Å². The van der Waals surface area contributed by atoms with E-state index >= 15 is 0 Å². The lowest BCUT2D eigenvalue weighted by molar-refractivity contribution is 0.661. The molecule has 0 aliphatic carbocycles. The number of halogens is 2. The molecule has 0 saturated heterocycles. The highest BCUT2D eigenvalue weighted by atomic mass is 35.5. The molecule has 0 bridgehead atoms. The molecule has 4 aromatic rings. The van der Waals surface area contributed by atoms with Gasteiger partial charge in [-0.1, -0.05) is 53.5 Å². The molecule has 0 aliphatic rings. The number of rotatable bonds is 1. The topological polar surface area (TPSA) is 11.3 Å². The maximum Gasteiger partial charge on any atom is 0.362 e. The largest absolute Gasteiger partial charge is 0.362 e. The smallest absolute Gasteiger partial charge is 0.207 e. The van der Waals surface area contributed by atoms with Gasteiger partial charge in [-0.3, -0.25) is 0 Å². The van der Waals surface area contributed by atoms with E-state index in [-0.39, 0.29) is 0 Å². The van der Waals surface area contributed by atoms with E-state index in [4.69, 9.17) is 27.6 Å². The van der Waals surface area contributed by atoms with Crippen LogP contribution in [0.5, 0.6) is 0 Å². The van der Waals surface area contributed by atoms with Gasteiger partial charge in [0, 0.05) is 5.56 Å². The molecule has 1 nitrogen and oxygen atoms in total. The molecule has 0 aliphatic heterocycles. The first-order chi connectivity index (χ1) is 10.7. The van der Waals surface area contributed by atoms with Crippen LogP contribution >= 0.6 is 23.2 Å². The van der Waals surface area contributed by atoms with Crippen LogP contribution in [0.2, 0.25) is 10.0 Å². The summed E-state index contributed by atoms with van der Waals surface area (Å²) >= 11 is 12.2. The van der Waals surface area contributed by atoms with Crippen molar-refractivity contribution in [3.05, 3.63) is 76.8 Å². The summed E-state index contributed by atoms with van der Waals surface area (Å²) in [5.74, 6) is 0. The summed E-state index contributed by atoms with van der Waals surface area (Å²) in [7, 11) is 0. The first-order valence-electron chi connectivity index (χ1n) is 6.92. The van der Waals surface area contributed by atoms with Crippen molar-refractivity contribution in [2.75, 3.05) is 0 Å². The summed E-state index contributed by atoms with van der Waals surface area (Å²) in [6, 6.07) is 21.7. The molecule has 0 N–H and O–H groups in total. The van der Waals surface area contributed by atoms with Crippen molar-refractivity contribution in [1.82, 2.24) is 0 Å². The zero-order chi connectivity index (χ0) is 15.1. The van der Waals surface area contributed by atoms with E-state index in [2.05, 4.69) is 12.1 Å². The Morgan fingerprint density at radius 1 is 0.636 bits per heavy atom. The lowest BCUT2D eigenvalue weighted by Gasteiger charge is -2.05. The second-order valence-electron chi connectivity index (χ2n) is 5.12. The van der Waals surface area contributed by atoms with Crippen LogP contribution in [0.25, 0.3) is 33.1 Å². The highest BCUT2D eigenvalue weighted by molar-refractivity contribution is 6.32. The minimum atomic E-state index is 0.650. The summed E-state index contributed by atoms with van der Waals surface area (Å²) in [5, 5.41) is 3.36. The molecule has 3 aromatic carbocycles. The minimum absolute atomic E-state index is 0.650. The van der Waals surface area contributed by atoms with E-state index < -0.39 is 0 Å². The van der Waals surface area contributed by atoms with Crippen LogP contribution in [0.3, 0.4) is 0 Å². The van der Waals surface area contributed by atoms with Gasteiger partial charge in [0.2, 0.25) is 0 Å². The average Bonchev–Trinajstić information content (AvgIpc) is 2.53. The van der Waals surface area contributed by atoms with Gasteiger partial charge in [-0.05, 0) is 29.8 Å². The lowest BCUT2D eigenvalue weighted by Crippen LogP contribution is -1.85. The Bertz CT molecular complexity index is 934. The van der Waals surface area contributed by atoms with Gasteiger partial charge in [0.25, 0.3) is 0 Å². The summed E-state index contributed by atoms with van der Waals surface area (Å²) in [5.41, 5.74) is 3.77. The van der Waals surface area contributed by atoms with Crippen molar-refractivity contribution in [3.8, 4) is 11.1 Å². The summed E-state index contributed by atoms with van der Waals surface area (Å²) in [6.07, 6.45) is 0. The molecule has 0 amide bonds. The highest BCUT2D eigenvalue weighted by Crippen LogP contribution is 2.38. The molecular formula is C19H11Cl2O+. The lowest BCUT2D eigenvalue weighted by atomic mass is 9.97. The van der Waals surface area contributed by atoms with Crippen LogP contribution < -0.4 is 0 Å². The Balaban J connectivity index is 2.22. The second kappa shape index (κ2) is 5.28. The maximum atomic E-state index is 6.11. The molecule has 1 heterocycles. The fourth-order valence-electron chi connectivity index (χ4n) is 2.75. The van der Waals surface area contributed by atoms with Crippen molar-refractivity contribution in [2.45, 2.75) is 0 Å². The van der Waals surface area contributed by atoms with E-state index in [1.165, 1.54) is 0 Å². The molecule has 0 radical (unpaired) electrons. The van der Waals surface area contributed by atoms with Gasteiger partial charge in [0.15, 0.2) is 0 Å². The Labute approximate surface area is 137 Å². The van der Waals surface area contributed by atoms with Crippen molar-refractivity contribution < 1.29 is 4.42 Å². The average molecular weight is 326 g/mol. The summed E-state index contributed by atoms with van der Waals surface area (Å²) in [4.78, 5) is 0. The summed E-state index contributed by atoms with van der Waals surface area (Å²) in [6.45, 7) is 0. The van der Waals surface area contributed by atoms with E-state index in [0.717, 1.165) is 33.1 Å². The zero-order valence-electron chi connectivity index (χ0n) is 11.5. The van der Waals surface area contributed by atoms with E-state index in [0.29, 0.717) is 10.0 Å². The van der Waals surface area contributed by atoms with Crippen molar-refractivity contribution in [3.63, 3.8) is 0 Å². The van der Waals surface area contributed by atoms with Gasteiger partial charge in [-0.2, -0.15) is 0 Å². The van der Waals surface area contributed by atoms with Gasteiger partial charge in [0.1, 0.15) is 0 Å².